The molecule has 0 radical (unpaired) electrons. The SMILES string of the molecule is C=CCOc1c(C)cccc1[Si](C)(C)C1=C(C)C(C)=C(C)C1C. The van der Waals surface area contributed by atoms with Crippen LogP contribution in [0.25, 0.3) is 0 Å². The Balaban J connectivity index is 2.58. The number of hydrogen-bond acceptors (Lipinski definition) is 1. The smallest absolute Gasteiger partial charge is 0.122 e. The van der Waals surface area contributed by atoms with Crippen molar-refractivity contribution in [3.05, 3.63) is 58.3 Å². The van der Waals surface area contributed by atoms with Crippen LogP contribution >= 0.6 is 0 Å². The Hall–Kier alpha value is -1.54. The second-order valence-electron chi connectivity index (χ2n) is 7.24. The van der Waals surface area contributed by atoms with E-state index >= 15 is 0 Å². The zero-order valence-electron chi connectivity index (χ0n) is 15.7. The van der Waals surface area contributed by atoms with Crippen molar-refractivity contribution in [2.24, 2.45) is 5.92 Å². The highest BCUT2D eigenvalue weighted by Gasteiger charge is 2.39. The van der Waals surface area contributed by atoms with Gasteiger partial charge in [-0.1, -0.05) is 67.2 Å². The summed E-state index contributed by atoms with van der Waals surface area (Å²) in [4.78, 5) is 0. The molecule has 0 saturated carbocycles. The molecule has 1 aliphatic rings. The fraction of sp³-hybridized carbons (Fsp3) is 0.429. The third-order valence-electron chi connectivity index (χ3n) is 5.54. The summed E-state index contributed by atoms with van der Waals surface area (Å²) in [5, 5.41) is 3.06. The van der Waals surface area contributed by atoms with E-state index in [1.54, 1.807) is 5.20 Å². The first kappa shape index (κ1) is 17.8. The van der Waals surface area contributed by atoms with Crippen LogP contribution in [0, 0.1) is 12.8 Å². The number of hydrogen-bond donors (Lipinski definition) is 0. The van der Waals surface area contributed by atoms with Gasteiger partial charge in [-0.25, -0.2) is 0 Å². The molecule has 0 aliphatic heterocycles. The molecule has 1 unspecified atom stereocenters. The molecule has 0 N–H and O–H groups in total. The van der Waals surface area contributed by atoms with Crippen LogP contribution in [0.15, 0.2) is 52.8 Å². The summed E-state index contributed by atoms with van der Waals surface area (Å²) in [6.07, 6.45) is 1.82. The fourth-order valence-corrected chi connectivity index (χ4v) is 8.06. The molecule has 124 valence electrons. The zero-order chi connectivity index (χ0) is 17.4. The first-order valence-electron chi connectivity index (χ1n) is 8.46. The van der Waals surface area contributed by atoms with Gasteiger partial charge in [-0.3, -0.25) is 0 Å². The third-order valence-corrected chi connectivity index (χ3v) is 9.44. The van der Waals surface area contributed by atoms with Gasteiger partial charge in [-0.15, -0.1) is 0 Å². The number of rotatable bonds is 5. The van der Waals surface area contributed by atoms with Gasteiger partial charge < -0.3 is 4.74 Å². The summed E-state index contributed by atoms with van der Waals surface area (Å²) >= 11 is 0. The van der Waals surface area contributed by atoms with Crippen molar-refractivity contribution in [3.8, 4) is 5.75 Å². The molecule has 0 saturated heterocycles. The minimum Gasteiger partial charge on any atom is -0.489 e. The lowest BCUT2D eigenvalue weighted by Crippen LogP contribution is -2.46. The maximum atomic E-state index is 6.07. The van der Waals surface area contributed by atoms with Gasteiger partial charge in [0, 0.05) is 0 Å². The minimum atomic E-state index is -1.80. The van der Waals surface area contributed by atoms with E-state index in [0.717, 1.165) is 5.75 Å². The molecule has 1 nitrogen and oxygen atoms in total. The molecule has 1 aliphatic carbocycles. The van der Waals surface area contributed by atoms with Crippen LogP contribution < -0.4 is 9.92 Å². The number of para-hydroxylation sites is 1. The lowest BCUT2D eigenvalue weighted by atomic mass is 10.1. The number of aryl methyl sites for hydroxylation is 1. The molecule has 0 amide bonds. The highest BCUT2D eigenvalue weighted by molar-refractivity contribution is 6.96. The van der Waals surface area contributed by atoms with Crippen LogP contribution in [0.5, 0.6) is 5.75 Å². The van der Waals surface area contributed by atoms with Crippen molar-refractivity contribution in [3.63, 3.8) is 0 Å². The second-order valence-corrected chi connectivity index (χ2v) is 11.6. The van der Waals surface area contributed by atoms with Crippen molar-refractivity contribution < 1.29 is 4.74 Å². The van der Waals surface area contributed by atoms with Gasteiger partial charge in [-0.2, -0.15) is 0 Å². The molecule has 1 aromatic rings. The third kappa shape index (κ3) is 2.97. The van der Waals surface area contributed by atoms with Crippen molar-refractivity contribution >= 4 is 13.3 Å². The van der Waals surface area contributed by atoms with Gasteiger partial charge in [0.05, 0.1) is 0 Å². The lowest BCUT2D eigenvalue weighted by Gasteiger charge is -2.32. The van der Waals surface area contributed by atoms with Gasteiger partial charge in [0.15, 0.2) is 0 Å². The normalized spacial score (nSPS) is 18.7. The highest BCUT2D eigenvalue weighted by atomic mass is 28.3. The van der Waals surface area contributed by atoms with Crippen molar-refractivity contribution in [2.45, 2.75) is 47.7 Å². The molecule has 0 fully saturated rings. The molecule has 2 heteroatoms. The summed E-state index contributed by atoms with van der Waals surface area (Å²) in [6, 6.07) is 6.58. The summed E-state index contributed by atoms with van der Waals surface area (Å²) < 4.78 is 6.07. The molecule has 0 aromatic heterocycles. The predicted molar refractivity (Wildman–Crippen MR) is 104 cm³/mol. The summed E-state index contributed by atoms with van der Waals surface area (Å²) in [7, 11) is -1.80. The van der Waals surface area contributed by atoms with Gasteiger partial charge >= 0.3 is 0 Å². The van der Waals surface area contributed by atoms with Crippen molar-refractivity contribution in [1.29, 1.82) is 0 Å². The maximum absolute atomic E-state index is 6.07. The van der Waals surface area contributed by atoms with E-state index in [0.29, 0.717) is 12.5 Å². The summed E-state index contributed by atoms with van der Waals surface area (Å²) in [5.41, 5.74) is 5.73. The molecule has 1 aromatic carbocycles. The Kier molecular flexibility index (Phi) is 5.05. The van der Waals surface area contributed by atoms with Crippen molar-refractivity contribution in [2.75, 3.05) is 6.61 Å². The number of benzene rings is 1. The molecule has 23 heavy (non-hydrogen) atoms. The molecular weight excluding hydrogens is 296 g/mol. The van der Waals surface area contributed by atoms with Gasteiger partial charge in [0.2, 0.25) is 0 Å². The van der Waals surface area contributed by atoms with Crippen LogP contribution in [0.2, 0.25) is 13.1 Å². The molecular formula is C21H30OSi. The topological polar surface area (TPSA) is 9.23 Å². The standard InChI is InChI=1S/C21H30OSi/c1-9-13-22-20-14(2)11-10-12-19(20)23(7,8)21-17(5)15(3)16(4)18(21)6/h9-12,17H,1,13H2,2-8H3. The Bertz CT molecular complexity index is 692. The molecule has 1 atom stereocenters. The highest BCUT2D eigenvalue weighted by Crippen LogP contribution is 2.42. The number of allylic oxidation sites excluding steroid dienone is 4. The van der Waals surface area contributed by atoms with E-state index in [1.807, 2.05) is 6.08 Å². The first-order chi connectivity index (χ1) is 10.7. The first-order valence-corrected chi connectivity index (χ1v) is 11.5. The quantitative estimate of drug-likeness (QED) is 0.526. The molecule has 0 heterocycles. The van der Waals surface area contributed by atoms with E-state index in [9.17, 15) is 0 Å². The Morgan fingerprint density at radius 3 is 2.30 bits per heavy atom. The minimum absolute atomic E-state index is 0.546. The average molecular weight is 327 g/mol. The van der Waals surface area contributed by atoms with E-state index in [-0.39, 0.29) is 0 Å². The summed E-state index contributed by atoms with van der Waals surface area (Å²) in [6.45, 7) is 20.6. The Morgan fingerprint density at radius 2 is 1.78 bits per heavy atom. The average Bonchev–Trinajstić information content (AvgIpc) is 2.70. The Morgan fingerprint density at radius 1 is 1.13 bits per heavy atom. The zero-order valence-corrected chi connectivity index (χ0v) is 16.7. The monoisotopic (exact) mass is 326 g/mol. The van der Waals surface area contributed by atoms with Crippen LogP contribution in [0.3, 0.4) is 0 Å². The lowest BCUT2D eigenvalue weighted by molar-refractivity contribution is 0.363. The van der Waals surface area contributed by atoms with Gasteiger partial charge in [0.1, 0.15) is 20.4 Å². The van der Waals surface area contributed by atoms with E-state index in [4.69, 9.17) is 4.74 Å². The largest absolute Gasteiger partial charge is 0.489 e. The molecule has 2 rings (SSSR count). The Labute approximate surface area is 142 Å². The van der Waals surface area contributed by atoms with E-state index in [1.165, 1.54) is 27.5 Å². The maximum Gasteiger partial charge on any atom is 0.122 e. The molecule has 0 spiro atoms. The summed E-state index contributed by atoms with van der Waals surface area (Å²) in [5.74, 6) is 1.61. The predicted octanol–water partition coefficient (Wildman–Crippen LogP) is 5.32. The van der Waals surface area contributed by atoms with Gasteiger partial charge in [-0.05, 0) is 49.9 Å². The van der Waals surface area contributed by atoms with Crippen LogP contribution in [-0.4, -0.2) is 14.7 Å². The van der Waals surface area contributed by atoms with E-state index in [2.05, 4.69) is 72.5 Å². The van der Waals surface area contributed by atoms with E-state index < -0.39 is 8.07 Å². The van der Waals surface area contributed by atoms with Crippen LogP contribution in [0.4, 0.5) is 0 Å². The molecule has 0 bridgehead atoms. The fourth-order valence-electron chi connectivity index (χ4n) is 4.00. The van der Waals surface area contributed by atoms with Crippen molar-refractivity contribution in [1.82, 2.24) is 0 Å². The van der Waals surface area contributed by atoms with Crippen LogP contribution in [0.1, 0.15) is 33.3 Å². The van der Waals surface area contributed by atoms with Crippen LogP contribution in [-0.2, 0) is 0 Å². The second kappa shape index (κ2) is 6.52. The number of ether oxygens (including phenoxy) is 1. The van der Waals surface area contributed by atoms with Gasteiger partial charge in [0.25, 0.3) is 0 Å².